The van der Waals surface area contributed by atoms with E-state index < -0.39 is 35.3 Å². The lowest BCUT2D eigenvalue weighted by atomic mass is 10.1. The Labute approximate surface area is 105 Å². The molecule has 100 valence electrons. The third-order valence-electron chi connectivity index (χ3n) is 2.66. The number of hydrogen-bond donors (Lipinski definition) is 2. The molecule has 5 nitrogen and oxygen atoms in total. The lowest BCUT2D eigenvalue weighted by Gasteiger charge is -2.13. The predicted molar refractivity (Wildman–Crippen MR) is 62.2 cm³/mol. The fourth-order valence-corrected chi connectivity index (χ4v) is 1.94. The largest absolute Gasteiger partial charge is 0.477 e. The van der Waals surface area contributed by atoms with Crippen LogP contribution in [0.15, 0.2) is 23.0 Å². The van der Waals surface area contributed by atoms with E-state index in [9.17, 15) is 18.4 Å². The Hall–Kier alpha value is -2.28. The molecular weight excluding hydrogens is 260 g/mol. The molecule has 0 bridgehead atoms. The minimum absolute atomic E-state index is 0.221. The highest BCUT2D eigenvalue weighted by Gasteiger charge is 2.17. The lowest BCUT2D eigenvalue weighted by molar-refractivity contribution is 0.0683. The van der Waals surface area contributed by atoms with Crippen molar-refractivity contribution in [2.45, 2.75) is 6.54 Å². The molecule has 0 aliphatic heterocycles. The van der Waals surface area contributed by atoms with Gasteiger partial charge in [-0.25, -0.2) is 13.6 Å². The molecule has 0 amide bonds. The van der Waals surface area contributed by atoms with E-state index in [-0.39, 0.29) is 17.4 Å². The number of aromatic nitrogens is 1. The zero-order valence-corrected chi connectivity index (χ0v) is 9.56. The Kier molecular flexibility index (Phi) is 3.30. The van der Waals surface area contributed by atoms with Crippen LogP contribution in [0.1, 0.15) is 10.5 Å². The van der Waals surface area contributed by atoms with Crippen molar-refractivity contribution in [1.29, 1.82) is 0 Å². The molecule has 0 unspecified atom stereocenters. The molecule has 0 aliphatic rings. The molecule has 1 aromatic carbocycles. The van der Waals surface area contributed by atoms with Crippen molar-refractivity contribution in [2.24, 2.45) is 0 Å². The zero-order valence-electron chi connectivity index (χ0n) is 9.56. The molecule has 0 spiro atoms. The Morgan fingerprint density at radius 2 is 1.95 bits per heavy atom. The first-order chi connectivity index (χ1) is 8.95. The van der Waals surface area contributed by atoms with E-state index in [1.54, 1.807) is 0 Å². The van der Waals surface area contributed by atoms with E-state index in [0.717, 1.165) is 16.7 Å². The number of aromatic carboxylic acids is 1. The summed E-state index contributed by atoms with van der Waals surface area (Å²) in [5, 5.41) is 17.6. The molecule has 0 saturated carbocycles. The fraction of sp³-hybridized carbons (Fsp3) is 0.167. The number of rotatable bonds is 3. The second-order valence-corrected chi connectivity index (χ2v) is 3.86. The number of hydrogen-bond acceptors (Lipinski definition) is 3. The molecule has 0 aliphatic carbocycles. The van der Waals surface area contributed by atoms with Gasteiger partial charge in [-0.15, -0.1) is 0 Å². The van der Waals surface area contributed by atoms with E-state index >= 15 is 0 Å². The summed E-state index contributed by atoms with van der Waals surface area (Å²) in [6, 6.07) is 2.17. The number of benzene rings is 1. The molecule has 0 saturated heterocycles. The second kappa shape index (κ2) is 4.77. The molecule has 1 heterocycles. The monoisotopic (exact) mass is 269 g/mol. The number of pyridine rings is 1. The SMILES string of the molecule is O=C(O)c1cc(=O)c2cc(F)cc(F)c2n1CCO. The summed E-state index contributed by atoms with van der Waals surface area (Å²) in [5.41, 5.74) is -1.59. The summed E-state index contributed by atoms with van der Waals surface area (Å²) in [6.07, 6.45) is 0. The van der Waals surface area contributed by atoms with Gasteiger partial charge in [0.25, 0.3) is 0 Å². The van der Waals surface area contributed by atoms with Crippen molar-refractivity contribution in [3.8, 4) is 0 Å². The van der Waals surface area contributed by atoms with Gasteiger partial charge in [-0.1, -0.05) is 0 Å². The first kappa shape index (κ1) is 13.2. The number of aliphatic hydroxyl groups is 1. The molecule has 2 aromatic rings. The summed E-state index contributed by atoms with van der Waals surface area (Å²) in [6.45, 7) is -0.671. The minimum atomic E-state index is -1.43. The van der Waals surface area contributed by atoms with Crippen LogP contribution in [0.2, 0.25) is 0 Å². The van der Waals surface area contributed by atoms with Crippen LogP contribution < -0.4 is 5.43 Å². The number of carbonyl (C=O) groups is 1. The molecule has 1 aromatic heterocycles. The number of fused-ring (bicyclic) bond motifs is 1. The van der Waals surface area contributed by atoms with Gasteiger partial charge in [0, 0.05) is 18.7 Å². The van der Waals surface area contributed by atoms with Crippen molar-refractivity contribution in [2.75, 3.05) is 6.61 Å². The van der Waals surface area contributed by atoms with E-state index in [1.165, 1.54) is 0 Å². The van der Waals surface area contributed by atoms with E-state index in [0.29, 0.717) is 6.07 Å². The maximum atomic E-state index is 13.8. The summed E-state index contributed by atoms with van der Waals surface area (Å²) in [4.78, 5) is 22.7. The highest BCUT2D eigenvalue weighted by atomic mass is 19.1. The molecule has 19 heavy (non-hydrogen) atoms. The van der Waals surface area contributed by atoms with Crippen molar-refractivity contribution >= 4 is 16.9 Å². The van der Waals surface area contributed by atoms with E-state index in [1.807, 2.05) is 0 Å². The first-order valence-corrected chi connectivity index (χ1v) is 5.32. The fourth-order valence-electron chi connectivity index (χ4n) is 1.94. The number of aliphatic hydroxyl groups excluding tert-OH is 1. The Morgan fingerprint density at radius 3 is 2.53 bits per heavy atom. The lowest BCUT2D eigenvalue weighted by Crippen LogP contribution is -2.20. The predicted octanol–water partition coefficient (Wildman–Crippen LogP) is 0.970. The Bertz CT molecular complexity index is 724. The highest BCUT2D eigenvalue weighted by Crippen LogP contribution is 2.19. The zero-order chi connectivity index (χ0) is 14.2. The van der Waals surface area contributed by atoms with E-state index in [2.05, 4.69) is 0 Å². The van der Waals surface area contributed by atoms with Crippen LogP contribution in [-0.4, -0.2) is 27.4 Å². The van der Waals surface area contributed by atoms with Crippen molar-refractivity contribution < 1.29 is 23.8 Å². The van der Waals surface area contributed by atoms with Crippen LogP contribution in [0.25, 0.3) is 10.9 Å². The minimum Gasteiger partial charge on any atom is -0.477 e. The van der Waals surface area contributed by atoms with Crippen molar-refractivity contribution in [1.82, 2.24) is 4.57 Å². The number of halogens is 2. The maximum absolute atomic E-state index is 13.8. The average molecular weight is 269 g/mol. The van der Waals surface area contributed by atoms with Gasteiger partial charge < -0.3 is 14.8 Å². The topological polar surface area (TPSA) is 79.5 Å². The van der Waals surface area contributed by atoms with Gasteiger partial charge in [0.05, 0.1) is 17.5 Å². The summed E-state index contributed by atoms with van der Waals surface area (Å²) in [5.74, 6) is -3.42. The summed E-state index contributed by atoms with van der Waals surface area (Å²) in [7, 11) is 0. The molecule has 0 radical (unpaired) electrons. The van der Waals surface area contributed by atoms with Crippen LogP contribution in [0.4, 0.5) is 8.78 Å². The molecule has 2 N–H and O–H groups in total. The third kappa shape index (κ3) is 2.19. The summed E-state index contributed by atoms with van der Waals surface area (Å²) < 4.78 is 27.8. The molecule has 0 atom stereocenters. The van der Waals surface area contributed by atoms with Crippen molar-refractivity contribution in [3.63, 3.8) is 0 Å². The van der Waals surface area contributed by atoms with Gasteiger partial charge in [0.2, 0.25) is 0 Å². The smallest absolute Gasteiger partial charge is 0.352 e. The van der Waals surface area contributed by atoms with Crippen LogP contribution in [0.5, 0.6) is 0 Å². The third-order valence-corrected chi connectivity index (χ3v) is 2.66. The maximum Gasteiger partial charge on any atom is 0.352 e. The number of nitrogens with zero attached hydrogens (tertiary/aromatic N) is 1. The van der Waals surface area contributed by atoms with Gasteiger partial charge in [0.15, 0.2) is 11.2 Å². The van der Waals surface area contributed by atoms with Crippen LogP contribution in [0.3, 0.4) is 0 Å². The Morgan fingerprint density at radius 1 is 1.26 bits per heavy atom. The van der Waals surface area contributed by atoms with Crippen LogP contribution in [-0.2, 0) is 6.54 Å². The Balaban J connectivity index is 2.99. The van der Waals surface area contributed by atoms with Gasteiger partial charge in [-0.3, -0.25) is 4.79 Å². The molecule has 2 rings (SSSR count). The van der Waals surface area contributed by atoms with E-state index in [4.69, 9.17) is 10.2 Å². The standard InChI is InChI=1S/C12H9F2NO4/c13-6-3-7-10(17)5-9(12(18)19)15(1-2-16)11(7)8(14)4-6/h3-5,16H,1-2H2,(H,18,19). The van der Waals surface area contributed by atoms with Crippen molar-refractivity contribution in [3.05, 3.63) is 45.8 Å². The number of carboxylic acid groups (broad SMARTS) is 1. The highest BCUT2D eigenvalue weighted by molar-refractivity contribution is 5.90. The molecule has 0 fully saturated rings. The normalized spacial score (nSPS) is 10.9. The van der Waals surface area contributed by atoms with Gasteiger partial charge in [-0.2, -0.15) is 0 Å². The van der Waals surface area contributed by atoms with Gasteiger partial charge in [0.1, 0.15) is 11.5 Å². The van der Waals surface area contributed by atoms with Gasteiger partial charge in [-0.05, 0) is 6.07 Å². The van der Waals surface area contributed by atoms with Crippen LogP contribution in [0, 0.1) is 11.6 Å². The first-order valence-electron chi connectivity index (χ1n) is 5.32. The average Bonchev–Trinajstić information content (AvgIpc) is 2.32. The number of carboxylic acids is 1. The molecule has 7 heteroatoms. The van der Waals surface area contributed by atoms with Gasteiger partial charge >= 0.3 is 5.97 Å². The second-order valence-electron chi connectivity index (χ2n) is 3.86. The van der Waals surface area contributed by atoms with Crippen LogP contribution >= 0.6 is 0 Å². The quantitative estimate of drug-likeness (QED) is 0.870. The summed E-state index contributed by atoms with van der Waals surface area (Å²) >= 11 is 0. The molecular formula is C12H9F2NO4.